The second-order valence-corrected chi connectivity index (χ2v) is 6.34. The lowest BCUT2D eigenvalue weighted by Crippen LogP contribution is -2.25. The molecule has 0 bridgehead atoms. The number of rotatable bonds is 6. The summed E-state index contributed by atoms with van der Waals surface area (Å²) in [6, 6.07) is 4.10. The lowest BCUT2D eigenvalue weighted by molar-refractivity contribution is 0.263. The Morgan fingerprint density at radius 2 is 1.79 bits per heavy atom. The van der Waals surface area contributed by atoms with E-state index in [0.29, 0.717) is 5.54 Å². The van der Waals surface area contributed by atoms with E-state index in [0.717, 1.165) is 13.0 Å². The van der Waals surface area contributed by atoms with Crippen molar-refractivity contribution in [1.29, 1.82) is 0 Å². The van der Waals surface area contributed by atoms with E-state index in [4.69, 9.17) is 8.85 Å². The van der Waals surface area contributed by atoms with Crippen LogP contribution in [-0.2, 0) is 15.4 Å². The summed E-state index contributed by atoms with van der Waals surface area (Å²) in [5.74, 6) is 0. The molecule has 0 N–H and O–H groups in total. The van der Waals surface area contributed by atoms with E-state index in [-0.39, 0.29) is 0 Å². The van der Waals surface area contributed by atoms with E-state index in [1.54, 1.807) is 14.2 Å². The normalized spacial score (nSPS) is 13.4. The van der Waals surface area contributed by atoms with Gasteiger partial charge in [0.05, 0.1) is 0 Å². The second kappa shape index (κ2) is 6.01. The van der Waals surface area contributed by atoms with E-state index in [1.807, 2.05) is 12.1 Å². The van der Waals surface area contributed by atoms with E-state index >= 15 is 0 Å². The van der Waals surface area contributed by atoms with Crippen molar-refractivity contribution in [3.8, 4) is 0 Å². The van der Waals surface area contributed by atoms with Crippen LogP contribution < -0.4 is 0 Å². The van der Waals surface area contributed by atoms with Gasteiger partial charge in [0.15, 0.2) is 0 Å². The SMILES string of the molecule is CO[SiH](OC)C(C)CCn1cccc1. The van der Waals surface area contributed by atoms with Crippen molar-refractivity contribution in [1.82, 2.24) is 4.57 Å². The molecule has 0 saturated carbocycles. The topological polar surface area (TPSA) is 23.4 Å². The molecule has 1 atom stereocenters. The fourth-order valence-electron chi connectivity index (χ4n) is 1.57. The van der Waals surface area contributed by atoms with Gasteiger partial charge in [0.2, 0.25) is 0 Å². The zero-order chi connectivity index (χ0) is 10.4. The molecule has 0 saturated heterocycles. The molecule has 0 aliphatic rings. The quantitative estimate of drug-likeness (QED) is 0.673. The Kier molecular flexibility index (Phi) is 4.93. The van der Waals surface area contributed by atoms with Gasteiger partial charge in [-0.05, 0) is 24.1 Å². The molecule has 1 rings (SSSR count). The summed E-state index contributed by atoms with van der Waals surface area (Å²) < 4.78 is 12.9. The van der Waals surface area contributed by atoms with E-state index in [9.17, 15) is 0 Å². The smallest absolute Gasteiger partial charge is 0.323 e. The fourth-order valence-corrected chi connectivity index (χ4v) is 3.11. The Labute approximate surface area is 87.5 Å². The summed E-state index contributed by atoms with van der Waals surface area (Å²) in [6.07, 6.45) is 5.29. The molecule has 4 heteroatoms. The zero-order valence-electron chi connectivity index (χ0n) is 9.14. The largest absolute Gasteiger partial charge is 0.400 e. The molecule has 0 amide bonds. The van der Waals surface area contributed by atoms with Crippen molar-refractivity contribution >= 4 is 9.28 Å². The van der Waals surface area contributed by atoms with Crippen LogP contribution in [0.2, 0.25) is 5.54 Å². The molecule has 1 unspecified atom stereocenters. The first-order valence-electron chi connectivity index (χ1n) is 4.94. The summed E-state index contributed by atoms with van der Waals surface area (Å²) in [4.78, 5) is 0. The van der Waals surface area contributed by atoms with Crippen LogP contribution in [0.3, 0.4) is 0 Å². The summed E-state index contributed by atoms with van der Waals surface area (Å²) in [6.45, 7) is 3.25. The van der Waals surface area contributed by atoms with Gasteiger partial charge in [-0.25, -0.2) is 0 Å². The van der Waals surface area contributed by atoms with Gasteiger partial charge in [0.25, 0.3) is 0 Å². The minimum atomic E-state index is -1.42. The van der Waals surface area contributed by atoms with Crippen LogP contribution in [0.25, 0.3) is 0 Å². The van der Waals surface area contributed by atoms with Gasteiger partial charge in [0.1, 0.15) is 0 Å². The van der Waals surface area contributed by atoms with Crippen molar-refractivity contribution in [2.24, 2.45) is 0 Å². The third kappa shape index (κ3) is 3.29. The first kappa shape index (κ1) is 11.5. The number of hydrogen-bond acceptors (Lipinski definition) is 2. The van der Waals surface area contributed by atoms with Crippen LogP contribution in [0.15, 0.2) is 24.5 Å². The third-order valence-corrected chi connectivity index (χ3v) is 4.63. The maximum Gasteiger partial charge on any atom is 0.323 e. The van der Waals surface area contributed by atoms with Gasteiger partial charge >= 0.3 is 9.28 Å². The molecule has 0 aliphatic carbocycles. The van der Waals surface area contributed by atoms with E-state index in [2.05, 4.69) is 23.9 Å². The highest BCUT2D eigenvalue weighted by atomic mass is 28.3. The van der Waals surface area contributed by atoms with E-state index < -0.39 is 9.28 Å². The highest BCUT2D eigenvalue weighted by Gasteiger charge is 2.18. The molecular formula is C10H19NO2Si. The minimum absolute atomic E-state index is 0.549. The monoisotopic (exact) mass is 213 g/mol. The first-order valence-corrected chi connectivity index (χ1v) is 6.55. The summed E-state index contributed by atoms with van der Waals surface area (Å²) in [5.41, 5.74) is 0.549. The number of aryl methyl sites for hydroxylation is 1. The van der Waals surface area contributed by atoms with Crippen LogP contribution in [0.5, 0.6) is 0 Å². The molecule has 0 spiro atoms. The Morgan fingerprint density at radius 3 is 2.29 bits per heavy atom. The van der Waals surface area contributed by atoms with Gasteiger partial charge in [-0.3, -0.25) is 0 Å². The predicted octanol–water partition coefficient (Wildman–Crippen LogP) is 1.78. The van der Waals surface area contributed by atoms with Crippen molar-refractivity contribution in [3.63, 3.8) is 0 Å². The summed E-state index contributed by atoms with van der Waals surface area (Å²) in [5, 5.41) is 0. The highest BCUT2D eigenvalue weighted by Crippen LogP contribution is 2.16. The fraction of sp³-hybridized carbons (Fsp3) is 0.600. The van der Waals surface area contributed by atoms with Gasteiger partial charge in [-0.2, -0.15) is 0 Å². The Balaban J connectivity index is 2.30. The summed E-state index contributed by atoms with van der Waals surface area (Å²) in [7, 11) is 2.06. The molecule has 3 nitrogen and oxygen atoms in total. The Bertz CT molecular complexity index is 234. The standard InChI is InChI=1S/C10H19NO2Si/c1-10(14(12-2)13-3)6-9-11-7-4-5-8-11/h4-5,7-8,10,14H,6,9H2,1-3H3. The molecular weight excluding hydrogens is 194 g/mol. The first-order chi connectivity index (χ1) is 6.77. The van der Waals surface area contributed by atoms with Crippen molar-refractivity contribution < 1.29 is 8.85 Å². The van der Waals surface area contributed by atoms with Crippen LogP contribution in [0.4, 0.5) is 0 Å². The molecule has 80 valence electrons. The molecule has 1 aromatic rings. The predicted molar refractivity (Wildman–Crippen MR) is 59.6 cm³/mol. The van der Waals surface area contributed by atoms with Crippen LogP contribution in [0.1, 0.15) is 13.3 Å². The minimum Gasteiger partial charge on any atom is -0.400 e. The number of aromatic nitrogens is 1. The third-order valence-electron chi connectivity index (χ3n) is 2.44. The van der Waals surface area contributed by atoms with Crippen LogP contribution in [0, 0.1) is 0 Å². The Hall–Kier alpha value is -0.583. The van der Waals surface area contributed by atoms with Crippen LogP contribution >= 0.6 is 0 Å². The lowest BCUT2D eigenvalue weighted by atomic mass is 10.3. The van der Waals surface area contributed by atoms with Gasteiger partial charge in [-0.1, -0.05) is 6.92 Å². The average Bonchev–Trinajstić information content (AvgIpc) is 2.69. The van der Waals surface area contributed by atoms with Crippen molar-refractivity contribution in [3.05, 3.63) is 24.5 Å². The maximum atomic E-state index is 5.34. The van der Waals surface area contributed by atoms with Crippen molar-refractivity contribution in [2.75, 3.05) is 14.2 Å². The van der Waals surface area contributed by atoms with Crippen LogP contribution in [-0.4, -0.2) is 28.1 Å². The van der Waals surface area contributed by atoms with Gasteiger partial charge in [-0.15, -0.1) is 0 Å². The molecule has 0 fully saturated rings. The molecule has 0 radical (unpaired) electrons. The van der Waals surface area contributed by atoms with Crippen molar-refractivity contribution in [2.45, 2.75) is 25.4 Å². The number of nitrogens with zero attached hydrogens (tertiary/aromatic N) is 1. The van der Waals surface area contributed by atoms with Gasteiger partial charge < -0.3 is 13.4 Å². The average molecular weight is 213 g/mol. The Morgan fingerprint density at radius 1 is 1.21 bits per heavy atom. The van der Waals surface area contributed by atoms with E-state index in [1.165, 1.54) is 0 Å². The molecule has 1 heterocycles. The highest BCUT2D eigenvalue weighted by molar-refractivity contribution is 6.46. The molecule has 0 aliphatic heterocycles. The zero-order valence-corrected chi connectivity index (χ0v) is 10.3. The summed E-state index contributed by atoms with van der Waals surface area (Å²) >= 11 is 0. The molecule has 1 aromatic heterocycles. The molecule has 14 heavy (non-hydrogen) atoms. The lowest BCUT2D eigenvalue weighted by Gasteiger charge is -2.18. The molecule has 0 aromatic carbocycles. The second-order valence-electron chi connectivity index (χ2n) is 3.53. The van der Waals surface area contributed by atoms with Gasteiger partial charge in [0, 0.05) is 33.2 Å². The number of hydrogen-bond donors (Lipinski definition) is 0. The maximum absolute atomic E-state index is 5.34.